The number of halogens is 2. The quantitative estimate of drug-likeness (QED) is 0.481. The molecule has 1 aliphatic heterocycles. The van der Waals surface area contributed by atoms with Gasteiger partial charge in [0.15, 0.2) is 0 Å². The van der Waals surface area contributed by atoms with Crippen molar-refractivity contribution in [1.29, 1.82) is 0 Å². The number of benzene rings is 2. The van der Waals surface area contributed by atoms with Gasteiger partial charge in [-0.3, -0.25) is 14.9 Å². The Balaban J connectivity index is 1.98. The van der Waals surface area contributed by atoms with Crippen LogP contribution >= 0.6 is 27.5 Å². The summed E-state index contributed by atoms with van der Waals surface area (Å²) in [6, 6.07) is 10.1. The van der Waals surface area contributed by atoms with Gasteiger partial charge in [-0.1, -0.05) is 23.7 Å². The zero-order valence-corrected chi connectivity index (χ0v) is 17.1. The Morgan fingerprint density at radius 1 is 1.33 bits per heavy atom. The highest BCUT2D eigenvalue weighted by molar-refractivity contribution is 9.10. The van der Waals surface area contributed by atoms with Crippen molar-refractivity contribution in [3.8, 4) is 0 Å². The number of piperidine rings is 1. The summed E-state index contributed by atoms with van der Waals surface area (Å²) in [7, 11) is 0. The molecule has 1 N–H and O–H groups in total. The van der Waals surface area contributed by atoms with Crippen LogP contribution in [0.5, 0.6) is 0 Å². The van der Waals surface area contributed by atoms with Crippen LogP contribution in [0.4, 0.5) is 17.1 Å². The Bertz CT molecular complexity index is 890. The zero-order valence-electron chi connectivity index (χ0n) is 14.7. The minimum Gasteiger partial charge on any atom is -0.363 e. The maximum Gasteiger partial charge on any atom is 0.294 e. The van der Waals surface area contributed by atoms with E-state index in [9.17, 15) is 14.9 Å². The Kier molecular flexibility index (Phi) is 6.01. The van der Waals surface area contributed by atoms with Gasteiger partial charge in [0, 0.05) is 23.1 Å². The fraction of sp³-hybridized carbons (Fsp3) is 0.316. The second-order valence-electron chi connectivity index (χ2n) is 6.55. The molecule has 0 aromatic heterocycles. The normalized spacial score (nSPS) is 16.9. The first-order valence-electron chi connectivity index (χ1n) is 8.69. The molecule has 0 bridgehead atoms. The summed E-state index contributed by atoms with van der Waals surface area (Å²) in [6.07, 6.45) is 3.05. The Labute approximate surface area is 170 Å². The number of rotatable bonds is 4. The molecule has 6 nitrogen and oxygen atoms in total. The molecule has 1 heterocycles. The van der Waals surface area contributed by atoms with Crippen LogP contribution in [0.2, 0.25) is 5.02 Å². The van der Waals surface area contributed by atoms with Crippen LogP contribution in [-0.4, -0.2) is 23.4 Å². The largest absolute Gasteiger partial charge is 0.363 e. The number of hydrogen-bond donors (Lipinski definition) is 1. The maximum absolute atomic E-state index is 12.6. The number of amides is 1. The molecule has 0 unspecified atom stereocenters. The number of carbonyl (C=O) groups is 1. The summed E-state index contributed by atoms with van der Waals surface area (Å²) >= 11 is 9.60. The second-order valence-corrected chi connectivity index (χ2v) is 7.81. The highest BCUT2D eigenvalue weighted by Gasteiger charge is 2.27. The SMILES string of the molecule is C[C@H]1CCCCN1c1cc(NC(=O)c2ccccc2Br)c(Cl)cc1[N+](=O)[O-]. The number of nitrogens with one attached hydrogen (secondary N) is 1. The molecule has 2 aromatic carbocycles. The predicted octanol–water partition coefficient (Wildman–Crippen LogP) is 5.64. The van der Waals surface area contributed by atoms with Gasteiger partial charge in [-0.15, -0.1) is 0 Å². The molecule has 0 saturated carbocycles. The molecule has 1 atom stereocenters. The van der Waals surface area contributed by atoms with E-state index in [4.69, 9.17) is 11.6 Å². The van der Waals surface area contributed by atoms with Gasteiger partial charge < -0.3 is 10.2 Å². The van der Waals surface area contributed by atoms with Crippen molar-refractivity contribution in [1.82, 2.24) is 0 Å². The van der Waals surface area contributed by atoms with Gasteiger partial charge in [0.25, 0.3) is 11.6 Å². The lowest BCUT2D eigenvalue weighted by molar-refractivity contribution is -0.384. The van der Waals surface area contributed by atoms with Crippen molar-refractivity contribution in [2.45, 2.75) is 32.2 Å². The Morgan fingerprint density at radius 3 is 2.74 bits per heavy atom. The lowest BCUT2D eigenvalue weighted by atomic mass is 10.0. The number of carbonyl (C=O) groups excluding carboxylic acids is 1. The van der Waals surface area contributed by atoms with E-state index in [0.29, 0.717) is 21.4 Å². The number of hydrogen-bond acceptors (Lipinski definition) is 4. The van der Waals surface area contributed by atoms with Crippen LogP contribution in [-0.2, 0) is 0 Å². The van der Waals surface area contributed by atoms with Crippen LogP contribution in [0.25, 0.3) is 0 Å². The lowest BCUT2D eigenvalue weighted by Gasteiger charge is -2.35. The molecule has 3 rings (SSSR count). The number of nitrogens with zero attached hydrogens (tertiary/aromatic N) is 2. The molecule has 1 amide bonds. The molecular formula is C19H19BrClN3O3. The highest BCUT2D eigenvalue weighted by Crippen LogP contribution is 2.39. The average Bonchev–Trinajstić information content (AvgIpc) is 2.63. The highest BCUT2D eigenvalue weighted by atomic mass is 79.9. The molecule has 0 aliphatic carbocycles. The predicted molar refractivity (Wildman–Crippen MR) is 111 cm³/mol. The molecule has 0 spiro atoms. The third kappa shape index (κ3) is 4.25. The van der Waals surface area contributed by atoms with Crippen LogP contribution in [0.15, 0.2) is 40.9 Å². The molecule has 8 heteroatoms. The van der Waals surface area contributed by atoms with E-state index >= 15 is 0 Å². The summed E-state index contributed by atoms with van der Waals surface area (Å²) in [5.41, 5.74) is 1.25. The molecular weight excluding hydrogens is 434 g/mol. The number of nitro groups is 1. The smallest absolute Gasteiger partial charge is 0.294 e. The van der Waals surface area contributed by atoms with Gasteiger partial charge in [0.05, 0.1) is 21.2 Å². The van der Waals surface area contributed by atoms with E-state index in [1.807, 2.05) is 11.0 Å². The first kappa shape index (κ1) is 19.6. The molecule has 142 valence electrons. The monoisotopic (exact) mass is 451 g/mol. The minimum absolute atomic E-state index is 0.0485. The number of anilines is 2. The summed E-state index contributed by atoms with van der Waals surface area (Å²) in [4.78, 5) is 25.8. The first-order valence-corrected chi connectivity index (χ1v) is 9.86. The molecule has 1 aliphatic rings. The molecule has 27 heavy (non-hydrogen) atoms. The van der Waals surface area contributed by atoms with Gasteiger partial charge in [0.1, 0.15) is 5.69 Å². The molecule has 2 aromatic rings. The summed E-state index contributed by atoms with van der Waals surface area (Å²) in [5.74, 6) is -0.337. The van der Waals surface area contributed by atoms with E-state index in [1.54, 1.807) is 24.3 Å². The standard InChI is InChI=1S/C19H19BrClN3O3/c1-12-6-4-5-9-23(12)17-11-16(15(21)10-18(17)24(26)27)22-19(25)13-7-2-3-8-14(13)20/h2-3,7-8,10-12H,4-6,9H2,1H3,(H,22,25)/t12-/m0/s1. The van der Waals surface area contributed by atoms with E-state index in [2.05, 4.69) is 28.2 Å². The van der Waals surface area contributed by atoms with E-state index in [-0.39, 0.29) is 22.7 Å². The average molecular weight is 453 g/mol. The summed E-state index contributed by atoms with van der Waals surface area (Å²) in [6.45, 7) is 2.79. The van der Waals surface area contributed by atoms with Gasteiger partial charge >= 0.3 is 0 Å². The number of nitro benzene ring substituents is 1. The van der Waals surface area contributed by atoms with Gasteiger partial charge in [-0.2, -0.15) is 0 Å². The molecule has 1 fully saturated rings. The second kappa shape index (κ2) is 8.27. The van der Waals surface area contributed by atoms with E-state index in [1.165, 1.54) is 6.07 Å². The van der Waals surface area contributed by atoms with Crippen molar-refractivity contribution in [3.63, 3.8) is 0 Å². The fourth-order valence-corrected chi connectivity index (χ4v) is 3.98. The lowest BCUT2D eigenvalue weighted by Crippen LogP contribution is -2.37. The van der Waals surface area contributed by atoms with Crippen LogP contribution in [0, 0.1) is 10.1 Å². The van der Waals surface area contributed by atoms with Crippen molar-refractivity contribution < 1.29 is 9.72 Å². The van der Waals surface area contributed by atoms with Crippen LogP contribution in [0.3, 0.4) is 0 Å². The van der Waals surface area contributed by atoms with Gasteiger partial charge in [0.2, 0.25) is 0 Å². The third-order valence-electron chi connectivity index (χ3n) is 4.74. The van der Waals surface area contributed by atoms with Gasteiger partial charge in [-0.25, -0.2) is 0 Å². The first-order chi connectivity index (χ1) is 12.9. The maximum atomic E-state index is 12.6. The summed E-state index contributed by atoms with van der Waals surface area (Å²) < 4.78 is 0.658. The van der Waals surface area contributed by atoms with E-state index in [0.717, 1.165) is 25.8 Å². The fourth-order valence-electron chi connectivity index (χ4n) is 3.31. The molecule has 1 saturated heterocycles. The zero-order chi connectivity index (χ0) is 19.6. The third-order valence-corrected chi connectivity index (χ3v) is 5.74. The van der Waals surface area contributed by atoms with Crippen molar-refractivity contribution >= 4 is 50.5 Å². The summed E-state index contributed by atoms with van der Waals surface area (Å²) in [5, 5.41) is 14.5. The molecule has 0 radical (unpaired) electrons. The van der Waals surface area contributed by atoms with E-state index < -0.39 is 4.92 Å². The minimum atomic E-state index is -0.429. The van der Waals surface area contributed by atoms with Crippen LogP contribution < -0.4 is 10.2 Å². The van der Waals surface area contributed by atoms with Crippen molar-refractivity contribution in [2.75, 3.05) is 16.8 Å². The van der Waals surface area contributed by atoms with Gasteiger partial charge in [-0.05, 0) is 60.3 Å². The topological polar surface area (TPSA) is 75.5 Å². The van der Waals surface area contributed by atoms with Crippen LogP contribution in [0.1, 0.15) is 36.5 Å². The Hall–Kier alpha value is -2.12. The Morgan fingerprint density at radius 2 is 2.07 bits per heavy atom. The van der Waals surface area contributed by atoms with Crippen molar-refractivity contribution in [3.05, 3.63) is 61.6 Å². The van der Waals surface area contributed by atoms with Crippen molar-refractivity contribution in [2.24, 2.45) is 0 Å².